The van der Waals surface area contributed by atoms with Gasteiger partial charge in [-0.15, -0.1) is 0 Å². The maximum Gasteiger partial charge on any atom is 0.152 e. The highest BCUT2D eigenvalue weighted by Gasteiger charge is 2.09. The predicted molar refractivity (Wildman–Crippen MR) is 77.5 cm³/mol. The van der Waals surface area contributed by atoms with Crippen molar-refractivity contribution in [2.45, 2.75) is 6.54 Å². The molecule has 0 radical (unpaired) electrons. The first-order valence-corrected chi connectivity index (χ1v) is 6.44. The van der Waals surface area contributed by atoms with Gasteiger partial charge in [0.05, 0.1) is 11.6 Å². The summed E-state index contributed by atoms with van der Waals surface area (Å²) >= 11 is 0. The molecule has 0 saturated heterocycles. The number of rotatable bonds is 3. The molecule has 0 spiro atoms. The average molecular weight is 278 g/mol. The lowest BCUT2D eigenvalue weighted by molar-refractivity contribution is 0.112. The van der Waals surface area contributed by atoms with Crippen LogP contribution in [0.3, 0.4) is 0 Å². The minimum atomic E-state index is -0.275. The summed E-state index contributed by atoms with van der Waals surface area (Å²) in [5.74, 6) is -0.275. The number of benzene rings is 2. The molecular weight excluding hydrogens is 267 g/mol. The fraction of sp³-hybridized carbons (Fsp3) is 0.0588. The summed E-state index contributed by atoms with van der Waals surface area (Å²) in [5.41, 5.74) is 2.88. The molecule has 3 rings (SSSR count). The number of nitrogens with zero attached hydrogens (tertiary/aromatic N) is 2. The van der Waals surface area contributed by atoms with Crippen LogP contribution in [0, 0.1) is 17.1 Å². The topological polar surface area (TPSA) is 45.8 Å². The van der Waals surface area contributed by atoms with Crippen molar-refractivity contribution in [3.05, 3.63) is 71.2 Å². The molecule has 0 unspecified atom stereocenters. The molecule has 3 aromatic rings. The van der Waals surface area contributed by atoms with Gasteiger partial charge in [-0.2, -0.15) is 5.26 Å². The van der Waals surface area contributed by atoms with Crippen LogP contribution in [0.1, 0.15) is 21.5 Å². The molecule has 102 valence electrons. The van der Waals surface area contributed by atoms with Crippen LogP contribution in [-0.2, 0) is 6.54 Å². The van der Waals surface area contributed by atoms with Crippen LogP contribution < -0.4 is 0 Å². The summed E-state index contributed by atoms with van der Waals surface area (Å²) in [7, 11) is 0. The largest absolute Gasteiger partial charge is 0.342 e. The normalized spacial score (nSPS) is 10.5. The Morgan fingerprint density at radius 3 is 2.62 bits per heavy atom. The smallest absolute Gasteiger partial charge is 0.152 e. The van der Waals surface area contributed by atoms with E-state index in [0.717, 1.165) is 22.8 Å². The number of carbonyl (C=O) groups excluding carboxylic acids is 1. The van der Waals surface area contributed by atoms with Gasteiger partial charge in [0.25, 0.3) is 0 Å². The van der Waals surface area contributed by atoms with E-state index in [2.05, 4.69) is 6.07 Å². The highest BCUT2D eigenvalue weighted by molar-refractivity contribution is 5.98. The van der Waals surface area contributed by atoms with Crippen LogP contribution >= 0.6 is 0 Å². The Balaban J connectivity index is 2.08. The Kier molecular flexibility index (Phi) is 3.25. The van der Waals surface area contributed by atoms with E-state index in [1.807, 2.05) is 10.6 Å². The van der Waals surface area contributed by atoms with Gasteiger partial charge < -0.3 is 4.57 Å². The van der Waals surface area contributed by atoms with Crippen molar-refractivity contribution in [1.29, 1.82) is 5.26 Å². The SMILES string of the molecule is N#Cc1ccc2c(c1)c(C=O)cn2Cc1ccc(F)cc1. The molecule has 4 heteroatoms. The van der Waals surface area contributed by atoms with Crippen LogP contribution in [0.2, 0.25) is 0 Å². The van der Waals surface area contributed by atoms with Crippen molar-refractivity contribution in [1.82, 2.24) is 4.57 Å². The van der Waals surface area contributed by atoms with Crippen LogP contribution in [0.4, 0.5) is 4.39 Å². The first-order valence-electron chi connectivity index (χ1n) is 6.44. The molecule has 0 fully saturated rings. The number of hydrogen-bond donors (Lipinski definition) is 0. The maximum atomic E-state index is 12.9. The summed E-state index contributed by atoms with van der Waals surface area (Å²) in [6, 6.07) is 13.6. The summed E-state index contributed by atoms with van der Waals surface area (Å²) < 4.78 is 14.9. The van der Waals surface area contributed by atoms with E-state index in [9.17, 15) is 9.18 Å². The van der Waals surface area contributed by atoms with Crippen molar-refractivity contribution < 1.29 is 9.18 Å². The molecule has 0 bridgehead atoms. The molecule has 0 amide bonds. The average Bonchev–Trinajstić information content (AvgIpc) is 2.86. The van der Waals surface area contributed by atoms with E-state index in [1.165, 1.54) is 12.1 Å². The molecule has 1 aromatic heterocycles. The van der Waals surface area contributed by atoms with Crippen LogP contribution in [0.25, 0.3) is 10.9 Å². The minimum absolute atomic E-state index is 0.275. The number of fused-ring (bicyclic) bond motifs is 1. The van der Waals surface area contributed by atoms with E-state index in [1.54, 1.807) is 30.5 Å². The minimum Gasteiger partial charge on any atom is -0.342 e. The third-order valence-corrected chi connectivity index (χ3v) is 3.43. The van der Waals surface area contributed by atoms with Crippen molar-refractivity contribution in [2.75, 3.05) is 0 Å². The van der Waals surface area contributed by atoms with Gasteiger partial charge in [-0.25, -0.2) is 4.39 Å². The Labute approximate surface area is 120 Å². The molecule has 0 N–H and O–H groups in total. The van der Waals surface area contributed by atoms with Gasteiger partial charge in [0.1, 0.15) is 5.82 Å². The lowest BCUT2D eigenvalue weighted by Crippen LogP contribution is -1.97. The van der Waals surface area contributed by atoms with E-state index >= 15 is 0 Å². The fourth-order valence-electron chi connectivity index (χ4n) is 2.41. The van der Waals surface area contributed by atoms with Gasteiger partial charge in [0.2, 0.25) is 0 Å². The van der Waals surface area contributed by atoms with Crippen molar-refractivity contribution in [3.63, 3.8) is 0 Å². The molecule has 0 aliphatic heterocycles. The second-order valence-electron chi connectivity index (χ2n) is 4.80. The van der Waals surface area contributed by atoms with Crippen molar-refractivity contribution >= 4 is 17.2 Å². The van der Waals surface area contributed by atoms with Crippen LogP contribution in [0.15, 0.2) is 48.7 Å². The second kappa shape index (κ2) is 5.22. The van der Waals surface area contributed by atoms with Gasteiger partial charge in [0.15, 0.2) is 6.29 Å². The van der Waals surface area contributed by atoms with Crippen molar-refractivity contribution in [3.8, 4) is 6.07 Å². The summed E-state index contributed by atoms with van der Waals surface area (Å²) in [4.78, 5) is 11.2. The maximum absolute atomic E-state index is 12.9. The van der Waals surface area contributed by atoms with Crippen LogP contribution in [-0.4, -0.2) is 10.9 Å². The molecule has 1 heterocycles. The van der Waals surface area contributed by atoms with Crippen LogP contribution in [0.5, 0.6) is 0 Å². The van der Waals surface area contributed by atoms with E-state index < -0.39 is 0 Å². The lowest BCUT2D eigenvalue weighted by atomic mass is 10.1. The van der Waals surface area contributed by atoms with Gasteiger partial charge >= 0.3 is 0 Å². The van der Waals surface area contributed by atoms with E-state index in [-0.39, 0.29) is 5.82 Å². The van der Waals surface area contributed by atoms with Gasteiger partial charge in [0, 0.05) is 29.2 Å². The second-order valence-corrected chi connectivity index (χ2v) is 4.80. The first kappa shape index (κ1) is 13.1. The number of aldehydes is 1. The van der Waals surface area contributed by atoms with Gasteiger partial charge in [-0.3, -0.25) is 4.79 Å². The zero-order valence-electron chi connectivity index (χ0n) is 11.1. The zero-order valence-corrected chi connectivity index (χ0v) is 11.1. The number of hydrogen-bond acceptors (Lipinski definition) is 2. The number of aromatic nitrogens is 1. The number of nitriles is 1. The first-order chi connectivity index (χ1) is 10.2. The van der Waals surface area contributed by atoms with Gasteiger partial charge in [-0.05, 0) is 35.9 Å². The predicted octanol–water partition coefficient (Wildman–Crippen LogP) is 3.51. The zero-order chi connectivity index (χ0) is 14.8. The Morgan fingerprint density at radius 2 is 1.95 bits per heavy atom. The molecule has 0 aliphatic rings. The third kappa shape index (κ3) is 2.41. The highest BCUT2D eigenvalue weighted by atomic mass is 19.1. The molecule has 3 nitrogen and oxygen atoms in total. The van der Waals surface area contributed by atoms with Crippen molar-refractivity contribution in [2.24, 2.45) is 0 Å². The molecule has 0 atom stereocenters. The Morgan fingerprint density at radius 1 is 1.19 bits per heavy atom. The molecule has 0 saturated carbocycles. The third-order valence-electron chi connectivity index (χ3n) is 3.43. The summed E-state index contributed by atoms with van der Waals surface area (Å²) in [5, 5.41) is 9.70. The number of carbonyl (C=O) groups is 1. The quantitative estimate of drug-likeness (QED) is 0.688. The standard InChI is InChI=1S/C17H11FN2O/c18-15-4-1-12(2-5-15)9-20-10-14(11-21)16-7-13(8-19)3-6-17(16)20/h1-7,10-11H,9H2. The summed E-state index contributed by atoms with van der Waals surface area (Å²) in [6.45, 7) is 0.538. The fourth-order valence-corrected chi connectivity index (χ4v) is 2.41. The van der Waals surface area contributed by atoms with E-state index in [0.29, 0.717) is 17.7 Å². The van der Waals surface area contributed by atoms with E-state index in [4.69, 9.17) is 5.26 Å². The lowest BCUT2D eigenvalue weighted by Gasteiger charge is -2.05. The molecule has 2 aromatic carbocycles. The van der Waals surface area contributed by atoms with Gasteiger partial charge in [-0.1, -0.05) is 12.1 Å². The highest BCUT2D eigenvalue weighted by Crippen LogP contribution is 2.22. The molecule has 0 aliphatic carbocycles. The molecular formula is C17H11FN2O. The summed E-state index contributed by atoms with van der Waals surface area (Å²) in [6.07, 6.45) is 2.53. The monoisotopic (exact) mass is 278 g/mol. The Hall–Kier alpha value is -2.93. The molecule has 21 heavy (non-hydrogen) atoms. The number of halogens is 1. The Bertz CT molecular complexity index is 857.